The largest absolute Gasteiger partial charge is 0.305 e. The van der Waals surface area contributed by atoms with Gasteiger partial charge in [-0.3, -0.25) is 0 Å². The van der Waals surface area contributed by atoms with Gasteiger partial charge in [0.2, 0.25) is 0 Å². The normalized spacial score (nSPS) is 13.9. The summed E-state index contributed by atoms with van der Waals surface area (Å²) in [4.78, 5) is 6.07. The Bertz CT molecular complexity index is 611. The Labute approximate surface area is 122 Å². The molecule has 0 aromatic carbocycles. The van der Waals surface area contributed by atoms with Crippen LogP contribution < -0.4 is 0 Å². The second-order valence-corrected chi connectivity index (χ2v) is 5.49. The highest BCUT2D eigenvalue weighted by atomic mass is 35.5. The summed E-state index contributed by atoms with van der Waals surface area (Å²) in [6.07, 6.45) is 10.5. The Morgan fingerprint density at radius 1 is 1.32 bits per heavy atom. The molecule has 0 aliphatic heterocycles. The molecule has 3 nitrogen and oxygen atoms in total. The Balaban J connectivity index is 0.00000133. The molecule has 0 N–H and O–H groups in total. The average Bonchev–Trinajstić information content (AvgIpc) is 3.13. The fourth-order valence-corrected chi connectivity index (χ4v) is 3.34. The average molecular weight is 292 g/mol. The van der Waals surface area contributed by atoms with E-state index in [0.717, 1.165) is 17.7 Å². The van der Waals surface area contributed by atoms with Gasteiger partial charge in [0.05, 0.1) is 16.9 Å². The van der Waals surface area contributed by atoms with Crippen molar-refractivity contribution in [3.63, 3.8) is 0 Å². The lowest BCUT2D eigenvalue weighted by molar-refractivity contribution is 0.886. The van der Waals surface area contributed by atoms with Crippen molar-refractivity contribution in [3.05, 3.63) is 46.2 Å². The molecule has 0 saturated heterocycles. The first-order chi connectivity index (χ1) is 8.88. The SMILES string of the molecule is Cl.N#Cc1ccc(C(=C2CCCC2)n2ccnc2)s1. The van der Waals surface area contributed by atoms with Crippen LogP contribution in [0.3, 0.4) is 0 Å². The van der Waals surface area contributed by atoms with Gasteiger partial charge in [0.15, 0.2) is 0 Å². The van der Waals surface area contributed by atoms with Crippen molar-refractivity contribution < 1.29 is 0 Å². The molecule has 5 heteroatoms. The Morgan fingerprint density at radius 2 is 2.11 bits per heavy atom. The lowest BCUT2D eigenvalue weighted by Gasteiger charge is -2.10. The molecule has 0 bridgehead atoms. The van der Waals surface area contributed by atoms with Gasteiger partial charge in [0.1, 0.15) is 10.9 Å². The quantitative estimate of drug-likeness (QED) is 0.837. The maximum Gasteiger partial charge on any atom is 0.110 e. The van der Waals surface area contributed by atoms with Gasteiger partial charge < -0.3 is 4.57 Å². The van der Waals surface area contributed by atoms with Crippen LogP contribution in [0.5, 0.6) is 0 Å². The standard InChI is InChI=1S/C14H13N3S.ClH/c15-9-12-5-6-13(18-12)14(11-3-1-2-4-11)17-8-7-16-10-17;/h5-8,10H,1-4H2;1H. The van der Waals surface area contributed by atoms with Gasteiger partial charge in [-0.15, -0.1) is 23.7 Å². The molecular formula is C14H14ClN3S. The molecule has 2 aromatic rings. The molecule has 19 heavy (non-hydrogen) atoms. The molecule has 0 unspecified atom stereocenters. The summed E-state index contributed by atoms with van der Waals surface area (Å²) in [6, 6.07) is 6.15. The van der Waals surface area contributed by atoms with Crippen LogP contribution in [0.1, 0.15) is 35.4 Å². The molecule has 2 aromatic heterocycles. The predicted molar refractivity (Wildman–Crippen MR) is 79.3 cm³/mol. The zero-order chi connectivity index (χ0) is 12.4. The van der Waals surface area contributed by atoms with Gasteiger partial charge in [0.25, 0.3) is 0 Å². The summed E-state index contributed by atoms with van der Waals surface area (Å²) in [6.45, 7) is 0. The van der Waals surface area contributed by atoms with Crippen LogP contribution in [-0.4, -0.2) is 9.55 Å². The van der Waals surface area contributed by atoms with Gasteiger partial charge >= 0.3 is 0 Å². The molecule has 0 radical (unpaired) electrons. The van der Waals surface area contributed by atoms with Gasteiger partial charge in [-0.25, -0.2) is 4.98 Å². The van der Waals surface area contributed by atoms with Gasteiger partial charge in [0, 0.05) is 12.4 Å². The van der Waals surface area contributed by atoms with Crippen LogP contribution in [0.4, 0.5) is 0 Å². The van der Waals surface area contributed by atoms with Gasteiger partial charge in [-0.05, 0) is 43.4 Å². The smallest absolute Gasteiger partial charge is 0.110 e. The van der Waals surface area contributed by atoms with E-state index in [1.807, 2.05) is 24.7 Å². The third-order valence-corrected chi connectivity index (χ3v) is 4.25. The summed E-state index contributed by atoms with van der Waals surface area (Å²) < 4.78 is 2.08. The first kappa shape index (κ1) is 13.9. The van der Waals surface area contributed by atoms with E-state index in [1.165, 1.54) is 29.0 Å². The maximum absolute atomic E-state index is 8.95. The highest BCUT2D eigenvalue weighted by molar-refractivity contribution is 7.13. The lowest BCUT2D eigenvalue weighted by atomic mass is 10.1. The second kappa shape index (κ2) is 6.05. The number of rotatable bonds is 2. The van der Waals surface area contributed by atoms with E-state index in [4.69, 9.17) is 5.26 Å². The van der Waals surface area contributed by atoms with Crippen molar-refractivity contribution in [2.24, 2.45) is 0 Å². The van der Waals surface area contributed by atoms with E-state index in [0.29, 0.717) is 0 Å². The number of nitrogens with zero attached hydrogens (tertiary/aromatic N) is 3. The molecular weight excluding hydrogens is 278 g/mol. The highest BCUT2D eigenvalue weighted by Crippen LogP contribution is 2.35. The summed E-state index contributed by atoms with van der Waals surface area (Å²) >= 11 is 1.56. The lowest BCUT2D eigenvalue weighted by Crippen LogP contribution is -1.97. The number of thiophene rings is 1. The van der Waals surface area contributed by atoms with Crippen LogP contribution in [0.2, 0.25) is 0 Å². The summed E-state index contributed by atoms with van der Waals surface area (Å²) in [5, 5.41) is 8.95. The molecule has 0 atom stereocenters. The highest BCUT2D eigenvalue weighted by Gasteiger charge is 2.17. The molecule has 2 heterocycles. The van der Waals surface area contributed by atoms with Crippen LogP contribution in [-0.2, 0) is 0 Å². The van der Waals surface area contributed by atoms with Crippen molar-refractivity contribution >= 4 is 29.4 Å². The van der Waals surface area contributed by atoms with E-state index in [1.54, 1.807) is 17.5 Å². The molecule has 1 aliphatic rings. The Kier molecular flexibility index (Phi) is 4.41. The molecule has 0 spiro atoms. The van der Waals surface area contributed by atoms with Crippen molar-refractivity contribution in [2.75, 3.05) is 0 Å². The molecule has 3 rings (SSSR count). The first-order valence-corrected chi connectivity index (χ1v) is 6.91. The van der Waals surface area contributed by atoms with E-state index in [9.17, 15) is 0 Å². The topological polar surface area (TPSA) is 41.6 Å². The van der Waals surface area contributed by atoms with Crippen molar-refractivity contribution in [1.82, 2.24) is 9.55 Å². The van der Waals surface area contributed by atoms with Crippen LogP contribution in [0.15, 0.2) is 36.4 Å². The molecule has 98 valence electrons. The Morgan fingerprint density at radius 3 is 2.68 bits per heavy atom. The van der Waals surface area contributed by atoms with Crippen molar-refractivity contribution in [2.45, 2.75) is 25.7 Å². The number of allylic oxidation sites excluding steroid dienone is 1. The Hall–Kier alpha value is -1.57. The maximum atomic E-state index is 8.95. The minimum Gasteiger partial charge on any atom is -0.305 e. The van der Waals surface area contributed by atoms with E-state index in [2.05, 4.69) is 15.6 Å². The monoisotopic (exact) mass is 291 g/mol. The van der Waals surface area contributed by atoms with E-state index < -0.39 is 0 Å². The number of imidazole rings is 1. The minimum atomic E-state index is 0. The van der Waals surface area contributed by atoms with E-state index in [-0.39, 0.29) is 12.4 Å². The fraction of sp³-hybridized carbons (Fsp3) is 0.286. The summed E-state index contributed by atoms with van der Waals surface area (Å²) in [5.41, 5.74) is 2.72. The van der Waals surface area contributed by atoms with Crippen molar-refractivity contribution in [1.29, 1.82) is 5.26 Å². The third-order valence-electron chi connectivity index (χ3n) is 3.25. The molecule has 1 saturated carbocycles. The fourth-order valence-electron chi connectivity index (χ4n) is 2.44. The summed E-state index contributed by atoms with van der Waals surface area (Å²) in [7, 11) is 0. The number of halogens is 1. The zero-order valence-electron chi connectivity index (χ0n) is 10.4. The van der Waals surface area contributed by atoms with E-state index >= 15 is 0 Å². The molecule has 0 amide bonds. The minimum absolute atomic E-state index is 0. The van der Waals surface area contributed by atoms with Crippen LogP contribution in [0.25, 0.3) is 5.70 Å². The number of hydrogen-bond donors (Lipinski definition) is 0. The van der Waals surface area contributed by atoms with Crippen LogP contribution >= 0.6 is 23.7 Å². The van der Waals surface area contributed by atoms with Gasteiger partial charge in [-0.1, -0.05) is 0 Å². The molecule has 1 fully saturated rings. The third kappa shape index (κ3) is 2.73. The zero-order valence-corrected chi connectivity index (χ0v) is 12.0. The number of nitriles is 1. The summed E-state index contributed by atoms with van der Waals surface area (Å²) in [5.74, 6) is 0. The van der Waals surface area contributed by atoms with Gasteiger partial charge in [-0.2, -0.15) is 5.26 Å². The molecule has 1 aliphatic carbocycles. The number of aromatic nitrogens is 2. The number of hydrogen-bond acceptors (Lipinski definition) is 3. The van der Waals surface area contributed by atoms with Crippen molar-refractivity contribution in [3.8, 4) is 6.07 Å². The van der Waals surface area contributed by atoms with Crippen LogP contribution in [0, 0.1) is 11.3 Å². The predicted octanol–water partition coefficient (Wildman–Crippen LogP) is 4.07. The first-order valence-electron chi connectivity index (χ1n) is 6.09. The second-order valence-electron chi connectivity index (χ2n) is 4.40.